The Morgan fingerprint density at radius 3 is 2.67 bits per heavy atom. The van der Waals surface area contributed by atoms with Crippen LogP contribution in [0.15, 0.2) is 30.7 Å². The number of ether oxygens (including phenoxy) is 1. The van der Waals surface area contributed by atoms with Crippen LogP contribution in [0.25, 0.3) is 0 Å². The molecule has 5 heteroatoms. The predicted octanol–water partition coefficient (Wildman–Crippen LogP) is 1.91. The number of imidazole rings is 1. The van der Waals surface area contributed by atoms with E-state index in [0.717, 1.165) is 24.5 Å². The minimum absolute atomic E-state index is 0.260. The zero-order valence-electron chi connectivity index (χ0n) is 12.5. The number of aromatic nitrogens is 2. The average molecular weight is 287 g/mol. The largest absolute Gasteiger partial charge is 0.493 e. The minimum Gasteiger partial charge on any atom is -0.493 e. The first kappa shape index (κ1) is 15.1. The number of benzene rings is 1. The summed E-state index contributed by atoms with van der Waals surface area (Å²) >= 11 is 0. The maximum atomic E-state index is 10.4. The number of hydrogen-bond acceptors (Lipinski definition) is 3. The van der Waals surface area contributed by atoms with Crippen LogP contribution in [0.5, 0.6) is 5.75 Å². The standard InChI is InChI=1S/C10H12O.C6H9N3O/c1-2-3-6-11-10-7-8-4-5-9(8)10;1-9-4-8-3-5(9)2-6(7)10/h4-5,7H,2-3,6H2,1H3;3-4H,2H2,1H3,(H2,7,10). The third-order valence-electron chi connectivity index (χ3n) is 3.32. The molecule has 2 aliphatic rings. The Balaban J connectivity index is 0.000000155. The Morgan fingerprint density at radius 2 is 2.24 bits per heavy atom. The quantitative estimate of drug-likeness (QED) is 0.704. The fraction of sp³-hybridized carbons (Fsp3) is 0.375. The van der Waals surface area contributed by atoms with Gasteiger partial charge in [-0.2, -0.15) is 0 Å². The maximum Gasteiger partial charge on any atom is 0.223 e. The van der Waals surface area contributed by atoms with E-state index in [-0.39, 0.29) is 12.3 Å². The molecule has 0 saturated heterocycles. The Kier molecular flexibility index (Phi) is 4.98. The van der Waals surface area contributed by atoms with E-state index in [1.54, 1.807) is 17.1 Å². The third-order valence-corrected chi connectivity index (χ3v) is 3.32. The molecule has 2 N–H and O–H groups in total. The lowest BCUT2D eigenvalue weighted by Gasteiger charge is -2.12. The van der Waals surface area contributed by atoms with Gasteiger partial charge >= 0.3 is 0 Å². The zero-order chi connectivity index (χ0) is 15.2. The molecule has 5 nitrogen and oxygen atoms in total. The summed E-state index contributed by atoms with van der Waals surface area (Å²) in [6, 6.07) is 6.32. The molecule has 0 radical (unpaired) electrons. The van der Waals surface area contributed by atoms with Gasteiger partial charge in [-0.25, -0.2) is 4.98 Å². The van der Waals surface area contributed by atoms with Crippen molar-refractivity contribution in [1.29, 1.82) is 0 Å². The van der Waals surface area contributed by atoms with Crippen molar-refractivity contribution >= 4 is 5.91 Å². The lowest BCUT2D eigenvalue weighted by Crippen LogP contribution is -2.15. The van der Waals surface area contributed by atoms with Gasteiger partial charge in [0.2, 0.25) is 5.91 Å². The monoisotopic (exact) mass is 287 g/mol. The number of nitrogens with zero attached hydrogens (tertiary/aromatic N) is 2. The molecule has 1 amide bonds. The van der Waals surface area contributed by atoms with Crippen LogP contribution in [0.3, 0.4) is 0 Å². The molecular formula is C16H21N3O2. The van der Waals surface area contributed by atoms with Crippen molar-refractivity contribution in [2.45, 2.75) is 26.2 Å². The van der Waals surface area contributed by atoms with E-state index in [9.17, 15) is 4.79 Å². The highest BCUT2D eigenvalue weighted by atomic mass is 16.5. The van der Waals surface area contributed by atoms with Crippen molar-refractivity contribution in [2.24, 2.45) is 12.8 Å². The van der Waals surface area contributed by atoms with Gasteiger partial charge in [0.1, 0.15) is 5.75 Å². The van der Waals surface area contributed by atoms with E-state index in [2.05, 4.69) is 30.1 Å². The summed E-state index contributed by atoms with van der Waals surface area (Å²) in [5, 5.41) is 2.68. The number of aryl methyl sites for hydroxylation is 1. The van der Waals surface area contributed by atoms with Crippen molar-refractivity contribution in [3.63, 3.8) is 0 Å². The normalized spacial score (nSPS) is 10.6. The lowest BCUT2D eigenvalue weighted by atomic mass is 10.1. The van der Waals surface area contributed by atoms with Crippen LogP contribution in [0, 0.1) is 10.4 Å². The Hall–Kier alpha value is -2.30. The van der Waals surface area contributed by atoms with Crippen LogP contribution in [0.1, 0.15) is 25.5 Å². The number of carbonyl (C=O) groups is 1. The minimum atomic E-state index is -0.330. The second-order valence-electron chi connectivity index (χ2n) is 5.05. The van der Waals surface area contributed by atoms with Crippen molar-refractivity contribution in [3.8, 4) is 5.75 Å². The molecule has 0 aliphatic heterocycles. The summed E-state index contributed by atoms with van der Waals surface area (Å²) in [4.78, 5) is 14.2. The van der Waals surface area contributed by atoms with Crippen LogP contribution in [-0.4, -0.2) is 22.1 Å². The van der Waals surface area contributed by atoms with Gasteiger partial charge in [-0.3, -0.25) is 4.79 Å². The molecule has 0 atom stereocenters. The molecule has 2 aliphatic carbocycles. The van der Waals surface area contributed by atoms with Gasteiger partial charge in [0.25, 0.3) is 0 Å². The Bertz CT molecular complexity index is 707. The molecule has 1 aromatic heterocycles. The van der Waals surface area contributed by atoms with Gasteiger partial charge in [0, 0.05) is 24.2 Å². The van der Waals surface area contributed by atoms with Crippen LogP contribution in [0.2, 0.25) is 0 Å². The second-order valence-corrected chi connectivity index (χ2v) is 5.05. The molecule has 3 rings (SSSR count). The van der Waals surface area contributed by atoms with Crippen LogP contribution < -0.4 is 10.5 Å². The number of rotatable bonds is 6. The molecule has 0 aromatic carbocycles. The van der Waals surface area contributed by atoms with Crippen molar-refractivity contribution < 1.29 is 9.53 Å². The molecule has 0 spiro atoms. The number of amides is 1. The summed E-state index contributed by atoms with van der Waals surface area (Å²) in [6.45, 7) is 3.04. The molecule has 21 heavy (non-hydrogen) atoms. The van der Waals surface area contributed by atoms with Gasteiger partial charge in [0.15, 0.2) is 0 Å². The molecule has 0 fully saturated rings. The molecule has 112 valence electrons. The first-order chi connectivity index (χ1) is 10.1. The van der Waals surface area contributed by atoms with Crippen LogP contribution in [0.4, 0.5) is 0 Å². The first-order valence-corrected chi connectivity index (χ1v) is 7.12. The van der Waals surface area contributed by atoms with E-state index in [0.29, 0.717) is 0 Å². The van der Waals surface area contributed by atoms with Gasteiger partial charge in [-0.05, 0) is 17.7 Å². The maximum absolute atomic E-state index is 10.4. The number of hydrogen-bond donors (Lipinski definition) is 1. The summed E-state index contributed by atoms with van der Waals surface area (Å²) < 4.78 is 7.27. The average Bonchev–Trinajstić information content (AvgIpc) is 2.80. The van der Waals surface area contributed by atoms with E-state index >= 15 is 0 Å². The SMILES string of the molecule is CCCCOc1cc2ccc1=2.Cn1cncc1CC(N)=O. The molecule has 0 saturated carbocycles. The molecular weight excluding hydrogens is 266 g/mol. The van der Waals surface area contributed by atoms with E-state index in [1.165, 1.54) is 16.9 Å². The number of unbranched alkanes of at least 4 members (excludes halogenated alkanes) is 1. The van der Waals surface area contributed by atoms with E-state index in [4.69, 9.17) is 10.5 Å². The van der Waals surface area contributed by atoms with Gasteiger partial charge in [0.05, 0.1) is 19.4 Å². The van der Waals surface area contributed by atoms with Crippen LogP contribution >= 0.6 is 0 Å². The summed E-state index contributed by atoms with van der Waals surface area (Å²) in [6.07, 6.45) is 5.89. The third kappa shape index (κ3) is 3.84. The van der Waals surface area contributed by atoms with Gasteiger partial charge < -0.3 is 15.0 Å². The summed E-state index contributed by atoms with van der Waals surface area (Å²) in [5.41, 5.74) is 5.81. The number of nitrogens with two attached hydrogens (primary N) is 1. The molecule has 0 bridgehead atoms. The second kappa shape index (κ2) is 6.92. The fourth-order valence-electron chi connectivity index (χ4n) is 1.93. The Morgan fingerprint density at radius 1 is 1.43 bits per heavy atom. The van der Waals surface area contributed by atoms with Crippen molar-refractivity contribution in [3.05, 3.63) is 46.9 Å². The van der Waals surface area contributed by atoms with Gasteiger partial charge in [-0.15, -0.1) is 0 Å². The predicted molar refractivity (Wildman–Crippen MR) is 80.6 cm³/mol. The van der Waals surface area contributed by atoms with E-state index in [1.807, 2.05) is 7.05 Å². The molecule has 0 unspecified atom stereocenters. The number of primary amides is 1. The fourth-order valence-corrected chi connectivity index (χ4v) is 1.93. The topological polar surface area (TPSA) is 70.1 Å². The highest BCUT2D eigenvalue weighted by Gasteiger charge is 2.05. The molecule has 1 heterocycles. The summed E-state index contributed by atoms with van der Waals surface area (Å²) in [5.74, 6) is 0.763. The summed E-state index contributed by atoms with van der Waals surface area (Å²) in [7, 11) is 1.82. The number of carbonyl (C=O) groups excluding carboxylic acids is 1. The van der Waals surface area contributed by atoms with Crippen molar-refractivity contribution in [1.82, 2.24) is 9.55 Å². The van der Waals surface area contributed by atoms with Gasteiger partial charge in [-0.1, -0.05) is 25.5 Å². The Labute approximate surface area is 124 Å². The lowest BCUT2D eigenvalue weighted by molar-refractivity contribution is -0.117. The highest BCUT2D eigenvalue weighted by Crippen LogP contribution is 2.23. The smallest absolute Gasteiger partial charge is 0.223 e. The zero-order valence-corrected chi connectivity index (χ0v) is 12.5. The highest BCUT2D eigenvalue weighted by molar-refractivity contribution is 5.76. The van der Waals surface area contributed by atoms with Crippen molar-refractivity contribution in [2.75, 3.05) is 6.61 Å². The van der Waals surface area contributed by atoms with Crippen LogP contribution in [-0.2, 0) is 18.3 Å². The first-order valence-electron chi connectivity index (χ1n) is 7.12. The molecule has 1 aromatic rings. The van der Waals surface area contributed by atoms with E-state index < -0.39 is 0 Å².